The van der Waals surface area contributed by atoms with E-state index in [9.17, 15) is 4.39 Å². The van der Waals surface area contributed by atoms with Gasteiger partial charge in [0.1, 0.15) is 5.82 Å². The zero-order valence-electron chi connectivity index (χ0n) is 10.9. The first kappa shape index (κ1) is 13.4. The topological polar surface area (TPSA) is 55.0 Å². The van der Waals surface area contributed by atoms with Gasteiger partial charge in [-0.2, -0.15) is 0 Å². The molecule has 0 aliphatic heterocycles. The maximum atomic E-state index is 13.9. The molecule has 0 saturated heterocycles. The molecule has 0 amide bonds. The van der Waals surface area contributed by atoms with E-state index < -0.39 is 0 Å². The van der Waals surface area contributed by atoms with Crippen molar-refractivity contribution in [2.24, 2.45) is 5.73 Å². The highest BCUT2D eigenvalue weighted by molar-refractivity contribution is 5.57. The van der Waals surface area contributed by atoms with Crippen LogP contribution in [0.3, 0.4) is 0 Å². The summed E-state index contributed by atoms with van der Waals surface area (Å²) in [5.41, 5.74) is 6.86. The summed E-state index contributed by atoms with van der Waals surface area (Å²) in [5, 5.41) is 0. The van der Waals surface area contributed by atoms with E-state index in [2.05, 4.69) is 9.97 Å². The van der Waals surface area contributed by atoms with Gasteiger partial charge in [-0.15, -0.1) is 0 Å². The van der Waals surface area contributed by atoms with Crippen molar-refractivity contribution in [3.63, 3.8) is 0 Å². The van der Waals surface area contributed by atoms with Gasteiger partial charge in [0.15, 0.2) is 0 Å². The molecule has 2 rings (SSSR count). The molecule has 1 heterocycles. The largest absolute Gasteiger partial charge is 0.330 e. The minimum Gasteiger partial charge on any atom is -0.330 e. The van der Waals surface area contributed by atoms with Crippen molar-refractivity contribution in [1.29, 1.82) is 0 Å². The van der Waals surface area contributed by atoms with Crippen molar-refractivity contribution < 1.29 is 4.39 Å². The molecule has 0 aliphatic rings. The second kappa shape index (κ2) is 6.24. The third-order valence-corrected chi connectivity index (χ3v) is 2.75. The van der Waals surface area contributed by atoms with Crippen LogP contribution >= 0.6 is 0 Å². The van der Waals surface area contributed by atoms with E-state index in [1.807, 2.05) is 13.0 Å². The number of para-hydroxylation sites is 1. The molecule has 5 heteroatoms. The van der Waals surface area contributed by atoms with Crippen LogP contribution in [0.25, 0.3) is 0 Å². The van der Waals surface area contributed by atoms with Crippen LogP contribution < -0.4 is 10.6 Å². The lowest BCUT2D eigenvalue weighted by Gasteiger charge is -2.23. The van der Waals surface area contributed by atoms with Gasteiger partial charge in [0.2, 0.25) is 5.95 Å². The summed E-state index contributed by atoms with van der Waals surface area (Å²) in [6.45, 7) is 3.01. The van der Waals surface area contributed by atoms with Crippen LogP contribution in [0.4, 0.5) is 16.0 Å². The summed E-state index contributed by atoms with van der Waals surface area (Å²) in [5.74, 6) is 0.211. The van der Waals surface area contributed by atoms with E-state index in [-0.39, 0.29) is 5.82 Å². The first-order valence-corrected chi connectivity index (χ1v) is 6.24. The number of hydrogen-bond donors (Lipinski definition) is 1. The Balaban J connectivity index is 2.38. The fourth-order valence-electron chi connectivity index (χ4n) is 1.81. The normalized spacial score (nSPS) is 10.5. The van der Waals surface area contributed by atoms with Crippen molar-refractivity contribution in [3.05, 3.63) is 48.0 Å². The Bertz CT molecular complexity index is 544. The van der Waals surface area contributed by atoms with Crippen molar-refractivity contribution >= 4 is 11.6 Å². The zero-order chi connectivity index (χ0) is 13.7. The van der Waals surface area contributed by atoms with E-state index in [4.69, 9.17) is 5.73 Å². The molecule has 0 aliphatic carbocycles. The smallest absolute Gasteiger partial charge is 0.230 e. The number of nitrogens with zero attached hydrogens (tertiary/aromatic N) is 3. The highest BCUT2D eigenvalue weighted by Crippen LogP contribution is 2.25. The molecule has 0 saturated carbocycles. The molecule has 1 aromatic heterocycles. The second-order valence-corrected chi connectivity index (χ2v) is 4.24. The SMILES string of the molecule is Cc1ccnc(N(CCCN)c2ccccc2F)n1. The predicted molar refractivity (Wildman–Crippen MR) is 73.8 cm³/mol. The van der Waals surface area contributed by atoms with Gasteiger partial charge < -0.3 is 10.6 Å². The van der Waals surface area contributed by atoms with Crippen LogP contribution in [-0.2, 0) is 0 Å². The van der Waals surface area contributed by atoms with E-state index in [0.29, 0.717) is 24.7 Å². The second-order valence-electron chi connectivity index (χ2n) is 4.24. The number of nitrogens with two attached hydrogens (primary N) is 1. The molecule has 4 nitrogen and oxygen atoms in total. The van der Waals surface area contributed by atoms with Crippen LogP contribution in [0.2, 0.25) is 0 Å². The van der Waals surface area contributed by atoms with Crippen LogP contribution in [0.1, 0.15) is 12.1 Å². The average molecular weight is 260 g/mol. The van der Waals surface area contributed by atoms with Gasteiger partial charge in [-0.1, -0.05) is 12.1 Å². The number of aromatic nitrogens is 2. The number of hydrogen-bond acceptors (Lipinski definition) is 4. The lowest BCUT2D eigenvalue weighted by Crippen LogP contribution is -2.24. The molecule has 0 bridgehead atoms. The number of rotatable bonds is 5. The Hall–Kier alpha value is -2.01. The third kappa shape index (κ3) is 3.26. The average Bonchev–Trinajstić information content (AvgIpc) is 2.41. The monoisotopic (exact) mass is 260 g/mol. The molecule has 2 N–H and O–H groups in total. The molecular formula is C14H17FN4. The van der Waals surface area contributed by atoms with E-state index >= 15 is 0 Å². The van der Waals surface area contributed by atoms with Crippen molar-refractivity contribution in [3.8, 4) is 0 Å². The van der Waals surface area contributed by atoms with E-state index in [0.717, 1.165) is 12.1 Å². The molecule has 0 unspecified atom stereocenters. The Labute approximate surface area is 112 Å². The van der Waals surface area contributed by atoms with E-state index in [1.165, 1.54) is 6.07 Å². The summed E-state index contributed by atoms with van der Waals surface area (Å²) in [7, 11) is 0. The first-order valence-electron chi connectivity index (χ1n) is 6.24. The fraction of sp³-hybridized carbons (Fsp3) is 0.286. The molecule has 2 aromatic rings. The van der Waals surface area contributed by atoms with Crippen LogP contribution in [0.15, 0.2) is 36.5 Å². The first-order chi connectivity index (χ1) is 9.22. The summed E-state index contributed by atoms with van der Waals surface area (Å²) < 4.78 is 13.9. The molecule has 100 valence electrons. The van der Waals surface area contributed by atoms with Crippen molar-refractivity contribution in [1.82, 2.24) is 9.97 Å². The Morgan fingerprint density at radius 2 is 2.05 bits per heavy atom. The predicted octanol–water partition coefficient (Wildman–Crippen LogP) is 2.41. The Morgan fingerprint density at radius 3 is 2.74 bits per heavy atom. The minimum absolute atomic E-state index is 0.287. The van der Waals surface area contributed by atoms with Gasteiger partial charge in [-0.05, 0) is 38.1 Å². The van der Waals surface area contributed by atoms with Crippen LogP contribution in [0.5, 0.6) is 0 Å². The number of benzene rings is 1. The molecular weight excluding hydrogens is 243 g/mol. The third-order valence-electron chi connectivity index (χ3n) is 2.75. The zero-order valence-corrected chi connectivity index (χ0v) is 10.9. The lowest BCUT2D eigenvalue weighted by atomic mass is 10.2. The van der Waals surface area contributed by atoms with Crippen LogP contribution in [-0.4, -0.2) is 23.1 Å². The van der Waals surface area contributed by atoms with Gasteiger partial charge in [-0.25, -0.2) is 14.4 Å². The maximum absolute atomic E-state index is 13.9. The van der Waals surface area contributed by atoms with Crippen LogP contribution in [0, 0.1) is 12.7 Å². The van der Waals surface area contributed by atoms with Crippen molar-refractivity contribution in [2.45, 2.75) is 13.3 Å². The van der Waals surface area contributed by atoms with Gasteiger partial charge in [-0.3, -0.25) is 0 Å². The molecule has 0 atom stereocenters. The quantitative estimate of drug-likeness (QED) is 0.897. The molecule has 0 spiro atoms. The minimum atomic E-state index is -0.287. The standard InChI is InChI=1S/C14H17FN4/c1-11-7-9-17-14(18-11)19(10-4-8-16)13-6-3-2-5-12(13)15/h2-3,5-7,9H,4,8,10,16H2,1H3. The molecule has 0 fully saturated rings. The Morgan fingerprint density at radius 1 is 1.26 bits per heavy atom. The Kier molecular flexibility index (Phi) is 4.41. The molecule has 0 radical (unpaired) electrons. The lowest BCUT2D eigenvalue weighted by molar-refractivity contribution is 0.622. The summed E-state index contributed by atoms with van der Waals surface area (Å²) >= 11 is 0. The summed E-state index contributed by atoms with van der Waals surface area (Å²) in [4.78, 5) is 10.3. The van der Waals surface area contributed by atoms with Gasteiger partial charge in [0.25, 0.3) is 0 Å². The molecule has 1 aromatic carbocycles. The van der Waals surface area contributed by atoms with E-state index in [1.54, 1.807) is 29.3 Å². The van der Waals surface area contributed by atoms with Gasteiger partial charge in [0.05, 0.1) is 5.69 Å². The summed E-state index contributed by atoms with van der Waals surface area (Å²) in [6.07, 6.45) is 2.42. The number of halogens is 1. The number of aryl methyl sites for hydroxylation is 1. The van der Waals surface area contributed by atoms with Gasteiger partial charge in [0, 0.05) is 18.4 Å². The maximum Gasteiger partial charge on any atom is 0.230 e. The van der Waals surface area contributed by atoms with Gasteiger partial charge >= 0.3 is 0 Å². The number of anilines is 2. The highest BCUT2D eigenvalue weighted by atomic mass is 19.1. The molecule has 19 heavy (non-hydrogen) atoms. The fourth-order valence-corrected chi connectivity index (χ4v) is 1.81. The summed E-state index contributed by atoms with van der Waals surface area (Å²) in [6, 6.07) is 8.42. The van der Waals surface area contributed by atoms with Crippen molar-refractivity contribution in [2.75, 3.05) is 18.0 Å². The highest BCUT2D eigenvalue weighted by Gasteiger charge is 2.15.